The van der Waals surface area contributed by atoms with Gasteiger partial charge in [-0.2, -0.15) is 13.2 Å². The summed E-state index contributed by atoms with van der Waals surface area (Å²) in [5.41, 5.74) is -0.642. The number of aliphatic imine (C=N–C) groups is 1. The van der Waals surface area contributed by atoms with Crippen molar-refractivity contribution < 1.29 is 21.6 Å². The number of nitrogens with two attached hydrogens (primary N) is 1. The van der Waals surface area contributed by atoms with Crippen molar-refractivity contribution >= 4 is 21.9 Å². The van der Waals surface area contributed by atoms with Crippen molar-refractivity contribution in [2.24, 2.45) is 10.1 Å². The van der Waals surface area contributed by atoms with Crippen LogP contribution in [0.4, 0.5) is 18.9 Å². The molecule has 0 radical (unpaired) electrons. The van der Waals surface area contributed by atoms with Gasteiger partial charge in [-0.1, -0.05) is 12.1 Å². The number of benzene rings is 1. The maximum Gasteiger partial charge on any atom is 0.433 e. The van der Waals surface area contributed by atoms with Crippen molar-refractivity contribution in [3.05, 3.63) is 53.9 Å². The molecule has 2 N–H and O–H groups in total. The molecule has 1 aromatic carbocycles. The van der Waals surface area contributed by atoms with E-state index in [1.54, 1.807) is 6.07 Å². The molecule has 0 bridgehead atoms. The van der Waals surface area contributed by atoms with E-state index in [0.717, 1.165) is 12.3 Å². The van der Waals surface area contributed by atoms with Gasteiger partial charge >= 0.3 is 6.18 Å². The van der Waals surface area contributed by atoms with Crippen molar-refractivity contribution in [1.29, 1.82) is 0 Å². The smallest absolute Gasteiger partial charge is 0.255 e. The molecule has 0 saturated heterocycles. The van der Waals surface area contributed by atoms with Crippen LogP contribution in [0.1, 0.15) is 11.3 Å². The summed E-state index contributed by atoms with van der Waals surface area (Å²) >= 11 is 0. The molecular formula is C13H10F3N3O2S. The van der Waals surface area contributed by atoms with Gasteiger partial charge in [0.2, 0.25) is 10.0 Å². The molecule has 2 aromatic rings. The molecule has 116 valence electrons. The number of halogens is 3. The highest BCUT2D eigenvalue weighted by molar-refractivity contribution is 7.89. The van der Waals surface area contributed by atoms with Crippen LogP contribution in [0.2, 0.25) is 0 Å². The van der Waals surface area contributed by atoms with Crippen molar-refractivity contribution in [3.8, 4) is 0 Å². The lowest BCUT2D eigenvalue weighted by atomic mass is 10.2. The zero-order chi connectivity index (χ0) is 16.4. The minimum absolute atomic E-state index is 0.0879. The highest BCUT2D eigenvalue weighted by Crippen LogP contribution is 2.27. The van der Waals surface area contributed by atoms with E-state index in [9.17, 15) is 21.6 Å². The number of aromatic nitrogens is 1. The average molecular weight is 329 g/mol. The number of sulfonamides is 1. The van der Waals surface area contributed by atoms with Crippen LogP contribution in [0.25, 0.3) is 0 Å². The van der Waals surface area contributed by atoms with E-state index in [1.165, 1.54) is 30.5 Å². The number of nitrogens with zero attached hydrogens (tertiary/aromatic N) is 2. The highest BCUT2D eigenvalue weighted by Gasteiger charge is 2.31. The zero-order valence-electron chi connectivity index (χ0n) is 10.9. The molecule has 22 heavy (non-hydrogen) atoms. The van der Waals surface area contributed by atoms with Crippen LogP contribution in [-0.4, -0.2) is 19.6 Å². The first-order valence-electron chi connectivity index (χ1n) is 5.87. The van der Waals surface area contributed by atoms with E-state index in [2.05, 4.69) is 9.98 Å². The van der Waals surface area contributed by atoms with E-state index >= 15 is 0 Å². The summed E-state index contributed by atoms with van der Waals surface area (Å²) < 4.78 is 59.9. The molecule has 0 saturated carbocycles. The normalized spacial score (nSPS) is 12.7. The Morgan fingerprint density at radius 1 is 1.14 bits per heavy atom. The van der Waals surface area contributed by atoms with Crippen LogP contribution in [0.3, 0.4) is 0 Å². The van der Waals surface area contributed by atoms with Gasteiger partial charge in [-0.3, -0.25) is 9.98 Å². The first kappa shape index (κ1) is 16.1. The Morgan fingerprint density at radius 2 is 1.82 bits per heavy atom. The van der Waals surface area contributed by atoms with E-state index in [4.69, 9.17) is 5.14 Å². The number of rotatable bonds is 3. The second-order valence-corrected chi connectivity index (χ2v) is 5.78. The fourth-order valence-corrected chi connectivity index (χ4v) is 2.28. The molecule has 0 atom stereocenters. The molecule has 0 aliphatic rings. The molecule has 0 fully saturated rings. The first-order valence-corrected chi connectivity index (χ1v) is 7.42. The largest absolute Gasteiger partial charge is 0.433 e. The van der Waals surface area contributed by atoms with Gasteiger partial charge in [0.25, 0.3) is 0 Å². The van der Waals surface area contributed by atoms with Crippen LogP contribution in [0, 0.1) is 0 Å². The topological polar surface area (TPSA) is 85.4 Å². The molecule has 2 rings (SSSR count). The molecule has 1 heterocycles. The van der Waals surface area contributed by atoms with E-state index < -0.39 is 21.9 Å². The number of hydrogen-bond donors (Lipinski definition) is 1. The predicted octanol–water partition coefficient (Wildman–Crippen LogP) is 2.50. The van der Waals surface area contributed by atoms with Gasteiger partial charge in [-0.15, -0.1) is 0 Å². The van der Waals surface area contributed by atoms with Gasteiger partial charge in [-0.25, -0.2) is 13.6 Å². The van der Waals surface area contributed by atoms with Crippen molar-refractivity contribution in [1.82, 2.24) is 4.98 Å². The van der Waals surface area contributed by atoms with Gasteiger partial charge in [0.1, 0.15) is 10.6 Å². The summed E-state index contributed by atoms with van der Waals surface area (Å²) in [7, 11) is -3.94. The lowest BCUT2D eigenvalue weighted by Gasteiger charge is -2.05. The zero-order valence-corrected chi connectivity index (χ0v) is 11.8. The van der Waals surface area contributed by atoms with E-state index in [1.807, 2.05) is 0 Å². The van der Waals surface area contributed by atoms with Crippen LogP contribution < -0.4 is 5.14 Å². The minimum atomic E-state index is -4.52. The molecule has 5 nitrogen and oxygen atoms in total. The molecule has 0 spiro atoms. The van der Waals surface area contributed by atoms with Gasteiger partial charge in [0.15, 0.2) is 0 Å². The van der Waals surface area contributed by atoms with Crippen molar-refractivity contribution in [2.75, 3.05) is 0 Å². The first-order chi connectivity index (χ1) is 10.2. The Hall–Kier alpha value is -2.26. The lowest BCUT2D eigenvalue weighted by Crippen LogP contribution is -2.12. The summed E-state index contributed by atoms with van der Waals surface area (Å²) in [6.07, 6.45) is -2.32. The molecule has 9 heteroatoms. The fraction of sp³-hybridized carbons (Fsp3) is 0.0769. The Bertz CT molecular complexity index is 800. The van der Waals surface area contributed by atoms with Gasteiger partial charge in [-0.05, 0) is 24.3 Å². The second-order valence-electron chi connectivity index (χ2n) is 4.25. The molecule has 1 aromatic heterocycles. The Kier molecular flexibility index (Phi) is 4.29. The third-order valence-corrected chi connectivity index (χ3v) is 3.56. The van der Waals surface area contributed by atoms with Gasteiger partial charge < -0.3 is 0 Å². The summed E-state index contributed by atoms with van der Waals surface area (Å²) in [4.78, 5) is 7.03. The summed E-state index contributed by atoms with van der Waals surface area (Å²) in [6.45, 7) is 0. The molecular weight excluding hydrogens is 319 g/mol. The quantitative estimate of drug-likeness (QED) is 0.878. The van der Waals surface area contributed by atoms with E-state index in [0.29, 0.717) is 0 Å². The molecule has 0 amide bonds. The van der Waals surface area contributed by atoms with Crippen molar-refractivity contribution in [3.63, 3.8) is 0 Å². The monoisotopic (exact) mass is 329 g/mol. The van der Waals surface area contributed by atoms with Crippen molar-refractivity contribution in [2.45, 2.75) is 11.1 Å². The fourth-order valence-electron chi connectivity index (χ4n) is 1.60. The SMILES string of the molecule is NS(=O)(=O)c1ccccc1N=Cc1ccc(C(F)(F)F)nc1. The van der Waals surface area contributed by atoms with Gasteiger partial charge in [0, 0.05) is 18.0 Å². The number of pyridine rings is 1. The summed E-state index contributed by atoms with van der Waals surface area (Å²) in [5, 5.41) is 5.06. The van der Waals surface area contributed by atoms with Crippen LogP contribution in [0.5, 0.6) is 0 Å². The number of alkyl halides is 3. The van der Waals surface area contributed by atoms with E-state index in [-0.39, 0.29) is 16.1 Å². The lowest BCUT2D eigenvalue weighted by molar-refractivity contribution is -0.141. The summed E-state index contributed by atoms with van der Waals surface area (Å²) in [5.74, 6) is 0. The third-order valence-electron chi connectivity index (χ3n) is 2.60. The van der Waals surface area contributed by atoms with Crippen LogP contribution >= 0.6 is 0 Å². The van der Waals surface area contributed by atoms with Crippen LogP contribution in [0.15, 0.2) is 52.5 Å². The Labute approximate surface area is 124 Å². The number of para-hydroxylation sites is 1. The van der Waals surface area contributed by atoms with Crippen LogP contribution in [-0.2, 0) is 16.2 Å². The Morgan fingerprint density at radius 3 is 2.36 bits per heavy atom. The second kappa shape index (κ2) is 5.85. The number of primary sulfonamides is 1. The third kappa shape index (κ3) is 3.89. The standard InChI is InChI=1S/C13H10F3N3O2S/c14-13(15,16)12-6-5-9(8-19-12)7-18-10-3-1-2-4-11(10)22(17,20)21/h1-8H,(H2,17,20,21). The molecule has 0 aliphatic heterocycles. The Balaban J connectivity index is 2.30. The predicted molar refractivity (Wildman–Crippen MR) is 74.3 cm³/mol. The maximum absolute atomic E-state index is 12.4. The molecule has 0 aliphatic carbocycles. The number of hydrogen-bond acceptors (Lipinski definition) is 4. The van der Waals surface area contributed by atoms with Gasteiger partial charge in [0.05, 0.1) is 5.69 Å². The highest BCUT2D eigenvalue weighted by atomic mass is 32.2. The summed E-state index contributed by atoms with van der Waals surface area (Å²) in [6, 6.07) is 7.75. The minimum Gasteiger partial charge on any atom is -0.255 e. The maximum atomic E-state index is 12.4. The molecule has 0 unspecified atom stereocenters. The average Bonchev–Trinajstić information content (AvgIpc) is 2.44.